The Balaban J connectivity index is 2.36. The zero-order valence-electron chi connectivity index (χ0n) is 11.2. The fourth-order valence-corrected chi connectivity index (χ4v) is 3.60. The molecule has 3 N–H and O–H groups in total. The number of nitrogen functional groups attached to an aromatic ring is 1. The Morgan fingerprint density at radius 1 is 1.10 bits per heavy atom. The molecule has 7 heteroatoms. The average molecular weight is 345 g/mol. The van der Waals surface area contributed by atoms with Crippen LogP contribution >= 0.6 is 23.2 Å². The molecule has 21 heavy (non-hydrogen) atoms. The smallest absolute Gasteiger partial charge is 0.263 e. The highest BCUT2D eigenvalue weighted by Crippen LogP contribution is 2.33. The predicted octanol–water partition coefficient (Wildman–Crippen LogP) is 3.94. The van der Waals surface area contributed by atoms with Crippen molar-refractivity contribution in [1.82, 2.24) is 0 Å². The standard InChI is InChI=1S/C14H14Cl2N2O2S/c1-2-9-3-5-10(6-4-9)18-21(19,20)12-8-7-11(15)14(17)13(12)16/h3-8,18H,2,17H2,1H3. The third kappa shape index (κ3) is 3.43. The largest absolute Gasteiger partial charge is 0.396 e. The van der Waals surface area contributed by atoms with Crippen LogP contribution < -0.4 is 10.5 Å². The predicted molar refractivity (Wildman–Crippen MR) is 87.5 cm³/mol. The van der Waals surface area contributed by atoms with Gasteiger partial charge in [-0.2, -0.15) is 0 Å². The maximum atomic E-state index is 12.3. The van der Waals surface area contributed by atoms with E-state index < -0.39 is 10.0 Å². The Hall–Kier alpha value is -1.43. The Bertz CT molecular complexity index is 759. The summed E-state index contributed by atoms with van der Waals surface area (Å²) in [4.78, 5) is -0.106. The molecule has 2 aromatic rings. The van der Waals surface area contributed by atoms with Gasteiger partial charge in [-0.1, -0.05) is 42.3 Å². The maximum Gasteiger partial charge on any atom is 0.263 e. The molecule has 112 valence electrons. The van der Waals surface area contributed by atoms with Crippen molar-refractivity contribution >= 4 is 44.6 Å². The zero-order valence-corrected chi connectivity index (χ0v) is 13.6. The van der Waals surface area contributed by atoms with Crippen LogP contribution in [0, 0.1) is 0 Å². The van der Waals surface area contributed by atoms with Crippen molar-refractivity contribution < 1.29 is 8.42 Å². The summed E-state index contributed by atoms with van der Waals surface area (Å²) in [5.41, 5.74) is 7.27. The molecule has 0 heterocycles. The Kier molecular flexibility index (Phi) is 4.66. The molecule has 2 rings (SSSR count). The molecule has 0 fully saturated rings. The molecule has 0 aromatic heterocycles. The normalized spacial score (nSPS) is 11.4. The van der Waals surface area contributed by atoms with Gasteiger partial charge in [-0.3, -0.25) is 4.72 Å². The van der Waals surface area contributed by atoms with Gasteiger partial charge in [-0.25, -0.2) is 8.42 Å². The van der Waals surface area contributed by atoms with E-state index in [9.17, 15) is 8.42 Å². The van der Waals surface area contributed by atoms with Gasteiger partial charge in [0.1, 0.15) is 4.90 Å². The van der Waals surface area contributed by atoms with E-state index in [0.717, 1.165) is 12.0 Å². The summed E-state index contributed by atoms with van der Waals surface area (Å²) >= 11 is 11.8. The molecule has 0 saturated carbocycles. The molecule has 0 spiro atoms. The van der Waals surface area contributed by atoms with Crippen molar-refractivity contribution in [1.29, 1.82) is 0 Å². The van der Waals surface area contributed by atoms with Gasteiger partial charge in [0.15, 0.2) is 0 Å². The van der Waals surface area contributed by atoms with Crippen LogP contribution in [0.1, 0.15) is 12.5 Å². The van der Waals surface area contributed by atoms with Crippen LogP contribution in [0.4, 0.5) is 11.4 Å². The molecule has 0 bridgehead atoms. The molecule has 0 unspecified atom stereocenters. The molecular weight excluding hydrogens is 331 g/mol. The second-order valence-electron chi connectivity index (χ2n) is 4.43. The van der Waals surface area contributed by atoms with Crippen molar-refractivity contribution in [2.24, 2.45) is 0 Å². The Morgan fingerprint density at radius 3 is 2.29 bits per heavy atom. The van der Waals surface area contributed by atoms with E-state index in [1.165, 1.54) is 12.1 Å². The average Bonchev–Trinajstić information content (AvgIpc) is 2.45. The van der Waals surface area contributed by atoms with E-state index in [2.05, 4.69) is 4.72 Å². The number of hydrogen-bond donors (Lipinski definition) is 2. The van der Waals surface area contributed by atoms with Gasteiger partial charge in [0, 0.05) is 5.69 Å². The van der Waals surface area contributed by atoms with E-state index in [-0.39, 0.29) is 20.6 Å². The van der Waals surface area contributed by atoms with E-state index in [1.807, 2.05) is 19.1 Å². The number of aryl methyl sites for hydroxylation is 1. The summed E-state index contributed by atoms with van der Waals surface area (Å²) < 4.78 is 27.2. The van der Waals surface area contributed by atoms with Crippen LogP contribution in [0.3, 0.4) is 0 Å². The topological polar surface area (TPSA) is 72.2 Å². The van der Waals surface area contributed by atoms with Crippen LogP contribution in [-0.2, 0) is 16.4 Å². The lowest BCUT2D eigenvalue weighted by atomic mass is 10.2. The van der Waals surface area contributed by atoms with Crippen molar-refractivity contribution in [3.8, 4) is 0 Å². The number of benzene rings is 2. The molecule has 0 saturated heterocycles. The van der Waals surface area contributed by atoms with Gasteiger partial charge >= 0.3 is 0 Å². The first-order valence-corrected chi connectivity index (χ1v) is 8.44. The highest BCUT2D eigenvalue weighted by Gasteiger charge is 2.20. The lowest BCUT2D eigenvalue weighted by Crippen LogP contribution is -2.14. The van der Waals surface area contributed by atoms with Crippen LogP contribution in [0.15, 0.2) is 41.3 Å². The quantitative estimate of drug-likeness (QED) is 0.825. The number of rotatable bonds is 4. The van der Waals surface area contributed by atoms with Crippen molar-refractivity contribution in [3.05, 3.63) is 52.0 Å². The van der Waals surface area contributed by atoms with Gasteiger partial charge in [0.2, 0.25) is 0 Å². The highest BCUT2D eigenvalue weighted by atomic mass is 35.5. The number of nitrogens with two attached hydrogens (primary N) is 1. The highest BCUT2D eigenvalue weighted by molar-refractivity contribution is 7.92. The maximum absolute atomic E-state index is 12.3. The van der Waals surface area contributed by atoms with Crippen LogP contribution in [-0.4, -0.2) is 8.42 Å². The molecular formula is C14H14Cl2N2O2S. The summed E-state index contributed by atoms with van der Waals surface area (Å²) in [5.74, 6) is 0. The van der Waals surface area contributed by atoms with Gasteiger partial charge in [-0.05, 0) is 36.2 Å². The first-order chi connectivity index (χ1) is 9.85. The number of anilines is 2. The van der Waals surface area contributed by atoms with E-state index in [0.29, 0.717) is 5.69 Å². The van der Waals surface area contributed by atoms with Crippen LogP contribution in [0.25, 0.3) is 0 Å². The van der Waals surface area contributed by atoms with E-state index in [4.69, 9.17) is 28.9 Å². The Labute approximate surface area is 133 Å². The lowest BCUT2D eigenvalue weighted by Gasteiger charge is -2.11. The van der Waals surface area contributed by atoms with Gasteiger partial charge in [0.05, 0.1) is 15.7 Å². The third-order valence-electron chi connectivity index (χ3n) is 3.00. The summed E-state index contributed by atoms with van der Waals surface area (Å²) in [6, 6.07) is 9.83. The molecule has 4 nitrogen and oxygen atoms in total. The molecule has 0 atom stereocenters. The minimum absolute atomic E-state index is 0.0440. The van der Waals surface area contributed by atoms with Crippen molar-refractivity contribution in [3.63, 3.8) is 0 Å². The summed E-state index contributed by atoms with van der Waals surface area (Å²) in [6.07, 6.45) is 0.882. The van der Waals surface area contributed by atoms with Crippen LogP contribution in [0.5, 0.6) is 0 Å². The SMILES string of the molecule is CCc1ccc(NS(=O)(=O)c2ccc(Cl)c(N)c2Cl)cc1. The second kappa shape index (κ2) is 6.13. The second-order valence-corrected chi connectivity index (χ2v) is 6.87. The zero-order chi connectivity index (χ0) is 15.6. The number of hydrogen-bond acceptors (Lipinski definition) is 3. The van der Waals surface area contributed by atoms with Crippen LogP contribution in [0.2, 0.25) is 10.0 Å². The fraction of sp³-hybridized carbons (Fsp3) is 0.143. The molecule has 2 aromatic carbocycles. The minimum atomic E-state index is -3.82. The summed E-state index contributed by atoms with van der Waals surface area (Å²) in [7, 11) is -3.82. The fourth-order valence-electron chi connectivity index (χ4n) is 1.78. The van der Waals surface area contributed by atoms with Gasteiger partial charge in [-0.15, -0.1) is 0 Å². The van der Waals surface area contributed by atoms with E-state index in [1.54, 1.807) is 12.1 Å². The number of sulfonamides is 1. The summed E-state index contributed by atoms with van der Waals surface area (Å²) in [5, 5.41) is 0.131. The molecule has 0 aliphatic rings. The lowest BCUT2D eigenvalue weighted by molar-refractivity contribution is 0.601. The third-order valence-corrected chi connectivity index (χ3v) is 5.27. The Morgan fingerprint density at radius 2 is 1.71 bits per heavy atom. The number of halogens is 2. The minimum Gasteiger partial charge on any atom is -0.396 e. The molecule has 0 radical (unpaired) electrons. The van der Waals surface area contributed by atoms with E-state index >= 15 is 0 Å². The molecule has 0 aliphatic carbocycles. The first-order valence-electron chi connectivity index (χ1n) is 6.20. The molecule has 0 amide bonds. The monoisotopic (exact) mass is 344 g/mol. The van der Waals surface area contributed by atoms with Crippen molar-refractivity contribution in [2.45, 2.75) is 18.2 Å². The summed E-state index contributed by atoms with van der Waals surface area (Å²) in [6.45, 7) is 2.02. The molecule has 0 aliphatic heterocycles. The van der Waals surface area contributed by atoms with Crippen molar-refractivity contribution in [2.75, 3.05) is 10.5 Å². The van der Waals surface area contributed by atoms with Gasteiger partial charge in [0.25, 0.3) is 10.0 Å². The number of nitrogens with one attached hydrogen (secondary N) is 1. The van der Waals surface area contributed by atoms with Gasteiger partial charge < -0.3 is 5.73 Å². The first kappa shape index (κ1) is 15.9.